The molecule has 2 heterocycles. The molecule has 224 valence electrons. The van der Waals surface area contributed by atoms with Gasteiger partial charge in [0.15, 0.2) is 11.5 Å². The summed E-state index contributed by atoms with van der Waals surface area (Å²) in [4.78, 5) is 45.7. The number of benzene rings is 2. The minimum Gasteiger partial charge on any atom is -0.468 e. The summed E-state index contributed by atoms with van der Waals surface area (Å²) in [5, 5.41) is 3.48. The van der Waals surface area contributed by atoms with Crippen LogP contribution in [0.1, 0.15) is 78.8 Å². The van der Waals surface area contributed by atoms with Crippen molar-refractivity contribution in [2.24, 2.45) is 11.3 Å². The van der Waals surface area contributed by atoms with Crippen molar-refractivity contribution >= 4 is 34.6 Å². The fourth-order valence-electron chi connectivity index (χ4n) is 6.38. The maximum atomic E-state index is 13.9. The predicted octanol–water partition coefficient (Wildman–Crippen LogP) is 4.00. The van der Waals surface area contributed by atoms with E-state index >= 15 is 0 Å². The molecule has 1 atom stereocenters. The van der Waals surface area contributed by atoms with E-state index in [9.17, 15) is 14.4 Å². The molecule has 0 saturated carbocycles. The SMILES string of the molecule is CCOC(=O)C1CCN(CCCNc2cc3c(c4c2C(=O)c2ccccc2C4=O)[NH+]=C2C=CC(C(C)(C)C)=CC2O3)CC1. The van der Waals surface area contributed by atoms with Crippen LogP contribution in [0.4, 0.5) is 11.4 Å². The second-order valence-corrected chi connectivity index (χ2v) is 12.7. The van der Waals surface area contributed by atoms with E-state index in [-0.39, 0.29) is 35.0 Å². The number of esters is 1. The van der Waals surface area contributed by atoms with Gasteiger partial charge in [-0.1, -0.05) is 51.1 Å². The molecule has 1 unspecified atom stereocenters. The molecule has 2 aromatic rings. The van der Waals surface area contributed by atoms with E-state index in [0.717, 1.165) is 44.6 Å². The lowest BCUT2D eigenvalue weighted by Gasteiger charge is -2.31. The molecule has 8 nitrogen and oxygen atoms in total. The number of hydrogen-bond donors (Lipinski definition) is 2. The van der Waals surface area contributed by atoms with Crippen molar-refractivity contribution in [1.29, 1.82) is 0 Å². The molecule has 1 fully saturated rings. The predicted molar refractivity (Wildman–Crippen MR) is 165 cm³/mol. The standard InChI is InChI=1S/C35H39N3O5/c1-5-42-34(41)21-13-17-38(18-14-21)16-8-15-36-26-20-28-31(37-25-12-11-22(35(2,3)4)19-27(25)43-28)30-29(26)32(39)23-9-6-7-10-24(23)33(30)40/h6-7,9-12,19-21,27,36H,5,8,13-18H2,1-4H3/p+1. The molecule has 2 aromatic carbocycles. The number of likely N-dealkylation sites (tertiary alicyclic amines) is 1. The Hall–Kier alpha value is -4.04. The molecule has 8 heteroatoms. The van der Waals surface area contributed by atoms with Gasteiger partial charge in [-0.15, -0.1) is 0 Å². The summed E-state index contributed by atoms with van der Waals surface area (Å²) in [6, 6.07) is 8.88. The van der Waals surface area contributed by atoms with Crippen molar-refractivity contribution in [3.63, 3.8) is 0 Å². The molecule has 2 N–H and O–H groups in total. The largest absolute Gasteiger partial charge is 0.468 e. The first-order valence-electron chi connectivity index (χ1n) is 15.4. The lowest BCUT2D eigenvalue weighted by atomic mass is 9.81. The van der Waals surface area contributed by atoms with Crippen LogP contribution in [0.15, 0.2) is 54.1 Å². The van der Waals surface area contributed by atoms with E-state index in [0.29, 0.717) is 52.5 Å². The zero-order valence-corrected chi connectivity index (χ0v) is 25.4. The van der Waals surface area contributed by atoms with Gasteiger partial charge in [-0.3, -0.25) is 14.4 Å². The smallest absolute Gasteiger partial charge is 0.309 e. The number of anilines is 1. The molecule has 0 radical (unpaired) electrons. The van der Waals surface area contributed by atoms with Gasteiger partial charge in [0.2, 0.25) is 17.6 Å². The number of carbonyl (C=O) groups is 3. The third kappa shape index (κ3) is 5.56. The fourth-order valence-corrected chi connectivity index (χ4v) is 6.38. The lowest BCUT2D eigenvalue weighted by Crippen LogP contribution is -2.72. The molecule has 0 amide bonds. The average molecular weight is 583 g/mol. The fraction of sp³-hybridized carbons (Fsp3) is 0.429. The van der Waals surface area contributed by atoms with E-state index < -0.39 is 0 Å². The molecule has 0 aromatic heterocycles. The van der Waals surface area contributed by atoms with Crippen LogP contribution in [0, 0.1) is 11.3 Å². The van der Waals surface area contributed by atoms with Crippen molar-refractivity contribution in [1.82, 2.24) is 4.90 Å². The summed E-state index contributed by atoms with van der Waals surface area (Å²) < 4.78 is 11.7. The van der Waals surface area contributed by atoms with E-state index in [4.69, 9.17) is 9.47 Å². The molecular weight excluding hydrogens is 542 g/mol. The van der Waals surface area contributed by atoms with Crippen molar-refractivity contribution in [3.8, 4) is 5.75 Å². The number of fused-ring (bicyclic) bond motifs is 5. The lowest BCUT2D eigenvalue weighted by molar-refractivity contribution is -0.362. The first-order valence-corrected chi connectivity index (χ1v) is 15.4. The summed E-state index contributed by atoms with van der Waals surface area (Å²) in [5.74, 6) is 0.104. The number of ketones is 2. The molecule has 1 saturated heterocycles. The van der Waals surface area contributed by atoms with Crippen LogP contribution in [-0.4, -0.2) is 67.0 Å². The Kier molecular flexibility index (Phi) is 7.81. The Morgan fingerprint density at radius 1 is 1.07 bits per heavy atom. The number of allylic oxidation sites excluding steroid dienone is 2. The number of ether oxygens (including phenoxy) is 2. The van der Waals surface area contributed by atoms with Crippen molar-refractivity contribution < 1.29 is 28.8 Å². The van der Waals surface area contributed by atoms with E-state index in [1.54, 1.807) is 24.3 Å². The number of piperidine rings is 1. The monoisotopic (exact) mass is 582 g/mol. The highest BCUT2D eigenvalue weighted by Crippen LogP contribution is 2.42. The Morgan fingerprint density at radius 3 is 2.44 bits per heavy atom. The quantitative estimate of drug-likeness (QED) is 0.321. The van der Waals surface area contributed by atoms with Gasteiger partial charge in [0.1, 0.15) is 5.56 Å². The maximum Gasteiger partial charge on any atom is 0.309 e. The molecule has 0 bridgehead atoms. The first-order chi connectivity index (χ1) is 20.7. The van der Waals surface area contributed by atoms with Crippen LogP contribution >= 0.6 is 0 Å². The van der Waals surface area contributed by atoms with Crippen LogP contribution in [0.2, 0.25) is 0 Å². The number of hydrogen-bond acceptors (Lipinski definition) is 7. The molecule has 2 aliphatic heterocycles. The van der Waals surface area contributed by atoms with Crippen LogP contribution in [0.3, 0.4) is 0 Å². The summed E-state index contributed by atoms with van der Waals surface area (Å²) in [7, 11) is 0. The van der Waals surface area contributed by atoms with Gasteiger partial charge >= 0.3 is 5.97 Å². The van der Waals surface area contributed by atoms with E-state index in [2.05, 4.69) is 48.1 Å². The first kappa shape index (κ1) is 29.1. The van der Waals surface area contributed by atoms with Gasteiger partial charge in [0, 0.05) is 29.8 Å². The van der Waals surface area contributed by atoms with E-state index in [1.165, 1.54) is 5.57 Å². The Balaban J connectivity index is 1.25. The van der Waals surface area contributed by atoms with Crippen LogP contribution in [0.25, 0.3) is 0 Å². The Labute approximate surface area is 252 Å². The molecule has 6 rings (SSSR count). The summed E-state index contributed by atoms with van der Waals surface area (Å²) in [6.45, 7) is 12.0. The summed E-state index contributed by atoms with van der Waals surface area (Å²) in [5.41, 5.74) is 4.71. The molecule has 2 aliphatic carbocycles. The van der Waals surface area contributed by atoms with Gasteiger partial charge in [-0.25, -0.2) is 4.99 Å². The average Bonchev–Trinajstić information content (AvgIpc) is 3.00. The van der Waals surface area contributed by atoms with E-state index in [1.807, 2.05) is 19.1 Å². The zero-order valence-electron chi connectivity index (χ0n) is 25.4. The Morgan fingerprint density at radius 2 is 1.77 bits per heavy atom. The summed E-state index contributed by atoms with van der Waals surface area (Å²) in [6.07, 6.45) is 8.36. The van der Waals surface area contributed by atoms with Gasteiger partial charge in [-0.05, 0) is 62.9 Å². The molecule has 0 spiro atoms. The highest BCUT2D eigenvalue weighted by Gasteiger charge is 2.41. The number of nitrogens with zero attached hydrogens (tertiary/aromatic N) is 1. The Bertz CT molecular complexity index is 1570. The topological polar surface area (TPSA) is 98.9 Å². The third-order valence-corrected chi connectivity index (χ3v) is 8.80. The van der Waals surface area contributed by atoms with Gasteiger partial charge in [0.05, 0.1) is 23.8 Å². The highest BCUT2D eigenvalue weighted by atomic mass is 16.5. The van der Waals surface area contributed by atoms with Crippen LogP contribution in [-0.2, 0) is 9.53 Å². The molecule has 4 aliphatic rings. The zero-order chi connectivity index (χ0) is 30.3. The minimum atomic E-state index is -0.308. The summed E-state index contributed by atoms with van der Waals surface area (Å²) >= 11 is 0. The van der Waals surface area contributed by atoms with Gasteiger partial charge in [-0.2, -0.15) is 0 Å². The second kappa shape index (κ2) is 11.6. The van der Waals surface area contributed by atoms with Crippen molar-refractivity contribution in [2.45, 2.75) is 53.1 Å². The van der Waals surface area contributed by atoms with Crippen LogP contribution < -0.4 is 15.0 Å². The van der Waals surface area contributed by atoms with Gasteiger partial charge in [0.25, 0.3) is 5.69 Å². The minimum absolute atomic E-state index is 0.0110. The molecular formula is C35H40N3O5+. The van der Waals surface area contributed by atoms with Crippen molar-refractivity contribution in [3.05, 3.63) is 76.4 Å². The van der Waals surface area contributed by atoms with Gasteiger partial charge < -0.3 is 19.7 Å². The normalized spacial score (nSPS) is 19.8. The number of rotatable bonds is 7. The number of nitrogens with one attached hydrogen (secondary N) is 2. The van der Waals surface area contributed by atoms with Crippen LogP contribution in [0.5, 0.6) is 5.75 Å². The third-order valence-electron chi connectivity index (χ3n) is 8.80. The maximum absolute atomic E-state index is 13.9. The van der Waals surface area contributed by atoms with Crippen molar-refractivity contribution in [2.75, 3.05) is 38.1 Å². The molecule has 43 heavy (non-hydrogen) atoms. The second-order valence-electron chi connectivity index (χ2n) is 12.7. The number of carbonyl (C=O) groups excluding carboxylic acids is 3. The highest BCUT2D eigenvalue weighted by molar-refractivity contribution is 6.32.